The van der Waals surface area contributed by atoms with Gasteiger partial charge in [-0.2, -0.15) is 0 Å². The van der Waals surface area contributed by atoms with Crippen LogP contribution >= 0.6 is 0 Å². The van der Waals surface area contributed by atoms with Gasteiger partial charge >= 0.3 is 6.09 Å². The van der Waals surface area contributed by atoms with E-state index in [0.717, 1.165) is 5.56 Å². The number of alkyl halides is 1. The highest BCUT2D eigenvalue weighted by Gasteiger charge is 2.40. The van der Waals surface area contributed by atoms with Crippen LogP contribution in [-0.2, 0) is 30.5 Å². The molecule has 1 fully saturated rings. The van der Waals surface area contributed by atoms with E-state index in [1.54, 1.807) is 0 Å². The number of amides is 2. The minimum atomic E-state index is -1.16. The molecule has 0 unspecified atom stereocenters. The Hall–Kier alpha value is -3.76. The predicted octanol–water partition coefficient (Wildman–Crippen LogP) is 4.46. The second kappa shape index (κ2) is 18.9. The van der Waals surface area contributed by atoms with E-state index in [1.165, 1.54) is 4.90 Å². The van der Waals surface area contributed by atoms with Crippen LogP contribution in [0, 0.1) is 23.7 Å². The monoisotopic (exact) mass is 630 g/mol. The van der Waals surface area contributed by atoms with E-state index in [-0.39, 0.29) is 54.6 Å². The van der Waals surface area contributed by atoms with Gasteiger partial charge in [-0.15, -0.1) is 0 Å². The molecule has 0 spiro atoms. The van der Waals surface area contributed by atoms with Crippen LogP contribution in [0.4, 0.5) is 9.18 Å². The molecule has 11 heteroatoms. The van der Waals surface area contributed by atoms with Gasteiger partial charge in [0.05, 0.1) is 17.9 Å². The first kappa shape index (κ1) is 37.4. The van der Waals surface area contributed by atoms with Gasteiger partial charge in [-0.05, 0) is 49.5 Å². The van der Waals surface area contributed by atoms with E-state index in [4.69, 9.17) is 10.5 Å². The molecule has 2 amide bonds. The third-order valence-electron chi connectivity index (χ3n) is 8.17. The fraction of sp³-hybridized carbons (Fsp3) is 0.618. The van der Waals surface area contributed by atoms with Gasteiger partial charge in [-0.3, -0.25) is 19.2 Å². The van der Waals surface area contributed by atoms with Crippen molar-refractivity contribution in [2.45, 2.75) is 91.3 Å². The average Bonchev–Trinajstić information content (AvgIpc) is 3.49. The number of rotatable bonds is 20. The van der Waals surface area contributed by atoms with Crippen LogP contribution in [0.15, 0.2) is 42.7 Å². The predicted molar refractivity (Wildman–Crippen MR) is 170 cm³/mol. The molecule has 1 aromatic rings. The number of nitrogens with one attached hydrogen (secondary N) is 2. The van der Waals surface area contributed by atoms with Crippen LogP contribution in [-0.4, -0.2) is 66.1 Å². The highest BCUT2D eigenvalue weighted by atomic mass is 19.1. The largest absolute Gasteiger partial charge is 0.445 e. The van der Waals surface area contributed by atoms with Crippen LogP contribution in [0.5, 0.6) is 0 Å². The lowest BCUT2D eigenvalue weighted by Crippen LogP contribution is -2.48. The first-order chi connectivity index (χ1) is 21.3. The number of carbonyl (C=O) groups is 5. The van der Waals surface area contributed by atoms with Crippen molar-refractivity contribution in [3.05, 3.63) is 48.3 Å². The first-order valence-electron chi connectivity index (χ1n) is 15.9. The Kier molecular flexibility index (Phi) is 15.7. The SMILES string of the molecule is C=C(N)NCCC[C@H](CC(=O)[C@@H]1CCCN1C(=O)[C@@H](CC(=O)[C@H](CC(C)C)NC(=O)OCc1ccccc1)C(C)C)C(=O)CF. The molecule has 1 aliphatic heterocycles. The fourth-order valence-corrected chi connectivity index (χ4v) is 5.66. The number of ketones is 3. The molecule has 0 saturated carbocycles. The zero-order valence-corrected chi connectivity index (χ0v) is 27.2. The maximum Gasteiger partial charge on any atom is 0.408 e. The summed E-state index contributed by atoms with van der Waals surface area (Å²) in [5, 5.41) is 5.55. The van der Waals surface area contributed by atoms with Crippen molar-refractivity contribution in [1.29, 1.82) is 0 Å². The fourth-order valence-electron chi connectivity index (χ4n) is 5.66. The maximum absolute atomic E-state index is 13.9. The number of hydrogen-bond donors (Lipinski definition) is 3. The van der Waals surface area contributed by atoms with Gasteiger partial charge in [0.1, 0.15) is 13.3 Å². The van der Waals surface area contributed by atoms with E-state index >= 15 is 0 Å². The standard InChI is InChI=1S/C34H51FN4O6/c1-22(2)17-28(38-34(44)45-21-25-11-7-6-8-12-25)30(40)19-27(23(3)4)33(43)39-16-10-14-29(39)31(41)18-26(32(42)20-35)13-9-15-37-24(5)36/h6-8,11-12,22-23,26-29,37H,5,9-10,13-21,36H2,1-4H3,(H,38,44)/t26-,27+,28+,29+/m1/s1. The van der Waals surface area contributed by atoms with E-state index < -0.39 is 42.5 Å². The number of hydrogen-bond acceptors (Lipinski definition) is 8. The van der Waals surface area contributed by atoms with Crippen molar-refractivity contribution in [1.82, 2.24) is 15.5 Å². The summed E-state index contributed by atoms with van der Waals surface area (Å²) in [6.45, 7) is 10.8. The Morgan fingerprint density at radius 1 is 1.07 bits per heavy atom. The normalized spacial score (nSPS) is 16.6. The van der Waals surface area contributed by atoms with Crippen LogP contribution in [0.2, 0.25) is 0 Å². The number of nitrogens with zero attached hydrogens (tertiary/aromatic N) is 1. The molecule has 0 radical (unpaired) electrons. The van der Waals surface area contributed by atoms with Crippen molar-refractivity contribution in [3.63, 3.8) is 0 Å². The Labute approximate surface area is 266 Å². The van der Waals surface area contributed by atoms with Gasteiger partial charge in [0, 0.05) is 37.8 Å². The summed E-state index contributed by atoms with van der Waals surface area (Å²) in [7, 11) is 0. The number of benzene rings is 1. The maximum atomic E-state index is 13.9. The van der Waals surface area contributed by atoms with E-state index in [0.29, 0.717) is 45.2 Å². The van der Waals surface area contributed by atoms with Crippen molar-refractivity contribution in [3.8, 4) is 0 Å². The lowest BCUT2D eigenvalue weighted by Gasteiger charge is -2.31. The molecule has 1 saturated heterocycles. The van der Waals surface area contributed by atoms with Crippen molar-refractivity contribution < 1.29 is 33.1 Å². The van der Waals surface area contributed by atoms with Crippen LogP contribution in [0.3, 0.4) is 0 Å². The van der Waals surface area contributed by atoms with E-state index in [9.17, 15) is 28.4 Å². The minimum Gasteiger partial charge on any atom is -0.445 e. The van der Waals surface area contributed by atoms with Gasteiger partial charge in [0.25, 0.3) is 0 Å². The molecule has 4 atom stereocenters. The Bertz CT molecular complexity index is 1160. The summed E-state index contributed by atoms with van der Waals surface area (Å²) in [4.78, 5) is 67.3. The van der Waals surface area contributed by atoms with E-state index in [1.807, 2.05) is 58.0 Å². The lowest BCUT2D eigenvalue weighted by molar-refractivity contribution is -0.144. The number of ether oxygens (including phenoxy) is 1. The zero-order valence-electron chi connectivity index (χ0n) is 27.2. The minimum absolute atomic E-state index is 0.0604. The molecular formula is C34H51FN4O6. The molecule has 1 heterocycles. The molecule has 45 heavy (non-hydrogen) atoms. The number of Topliss-reactive ketones (excluding diaryl/α,β-unsaturated/α-hetero) is 3. The molecule has 1 aliphatic rings. The highest BCUT2D eigenvalue weighted by Crippen LogP contribution is 2.28. The number of halogens is 1. The molecular weight excluding hydrogens is 579 g/mol. The van der Waals surface area contributed by atoms with Gasteiger partial charge in [-0.25, -0.2) is 9.18 Å². The van der Waals surface area contributed by atoms with Gasteiger partial charge < -0.3 is 26.0 Å². The lowest BCUT2D eigenvalue weighted by atomic mass is 9.85. The third kappa shape index (κ3) is 12.6. The summed E-state index contributed by atoms with van der Waals surface area (Å²) >= 11 is 0. The second-order valence-corrected chi connectivity index (χ2v) is 12.7. The number of alkyl carbamates (subject to hydrolysis) is 1. The Balaban J connectivity index is 2.09. The Morgan fingerprint density at radius 2 is 1.76 bits per heavy atom. The summed E-state index contributed by atoms with van der Waals surface area (Å²) < 4.78 is 18.7. The van der Waals surface area contributed by atoms with Crippen molar-refractivity contribution >= 4 is 29.4 Å². The molecule has 4 N–H and O–H groups in total. The summed E-state index contributed by atoms with van der Waals surface area (Å²) in [6.07, 6.45) is 1.25. The smallest absolute Gasteiger partial charge is 0.408 e. The molecule has 0 bridgehead atoms. The average molecular weight is 631 g/mol. The summed E-state index contributed by atoms with van der Waals surface area (Å²) in [6, 6.07) is 7.63. The zero-order chi connectivity index (χ0) is 33.5. The quantitative estimate of drug-likeness (QED) is 0.179. The second-order valence-electron chi connectivity index (χ2n) is 12.7. The molecule has 0 aliphatic carbocycles. The molecule has 10 nitrogen and oxygen atoms in total. The Morgan fingerprint density at radius 3 is 2.36 bits per heavy atom. The van der Waals surface area contributed by atoms with Crippen LogP contribution in [0.25, 0.3) is 0 Å². The molecule has 0 aromatic heterocycles. The topological polar surface area (TPSA) is 148 Å². The first-order valence-corrected chi connectivity index (χ1v) is 15.9. The highest BCUT2D eigenvalue weighted by molar-refractivity contribution is 5.96. The summed E-state index contributed by atoms with van der Waals surface area (Å²) in [5.74, 6) is -2.84. The number of carbonyl (C=O) groups excluding carboxylic acids is 5. The van der Waals surface area contributed by atoms with Crippen molar-refractivity contribution in [2.24, 2.45) is 29.4 Å². The van der Waals surface area contributed by atoms with Crippen molar-refractivity contribution in [2.75, 3.05) is 19.8 Å². The number of likely N-dealkylation sites (tertiary alicyclic amines) is 1. The third-order valence-corrected chi connectivity index (χ3v) is 8.17. The molecule has 1 aromatic carbocycles. The van der Waals surface area contributed by atoms with Gasteiger partial charge in [0.15, 0.2) is 17.3 Å². The molecule has 250 valence electrons. The van der Waals surface area contributed by atoms with Crippen LogP contribution in [0.1, 0.15) is 78.2 Å². The van der Waals surface area contributed by atoms with E-state index in [2.05, 4.69) is 17.2 Å². The number of nitrogens with two attached hydrogens (primary N) is 1. The summed E-state index contributed by atoms with van der Waals surface area (Å²) in [5.41, 5.74) is 6.31. The molecule has 2 rings (SSSR count). The van der Waals surface area contributed by atoms with Gasteiger partial charge in [0.2, 0.25) is 5.91 Å². The van der Waals surface area contributed by atoms with Crippen LogP contribution < -0.4 is 16.4 Å². The van der Waals surface area contributed by atoms with Gasteiger partial charge in [-0.1, -0.05) is 64.6 Å².